The Morgan fingerprint density at radius 3 is 3.18 bits per heavy atom. The van der Waals surface area contributed by atoms with Crippen molar-refractivity contribution in [3.8, 4) is 0 Å². The number of carbonyl (C=O) groups excluding carboxylic acids is 1. The van der Waals surface area contributed by atoms with Gasteiger partial charge in [0, 0.05) is 23.8 Å². The smallest absolute Gasteiger partial charge is 0.251 e. The van der Waals surface area contributed by atoms with E-state index >= 15 is 0 Å². The molecule has 2 unspecified atom stereocenters. The van der Waals surface area contributed by atoms with E-state index in [4.69, 9.17) is 0 Å². The average molecular weight is 230 g/mol. The summed E-state index contributed by atoms with van der Waals surface area (Å²) in [6.45, 7) is 3.17. The summed E-state index contributed by atoms with van der Waals surface area (Å²) in [6, 6.07) is 6.37. The van der Waals surface area contributed by atoms with Gasteiger partial charge in [0.1, 0.15) is 0 Å². The SMILES string of the molecule is CCC1CC1NC(=O)c1ccc2c(c1)CCN2. The van der Waals surface area contributed by atoms with Crippen LogP contribution in [0.15, 0.2) is 18.2 Å². The van der Waals surface area contributed by atoms with Crippen LogP contribution in [0.4, 0.5) is 5.69 Å². The Balaban J connectivity index is 1.69. The van der Waals surface area contributed by atoms with E-state index < -0.39 is 0 Å². The van der Waals surface area contributed by atoms with Gasteiger partial charge in [0.15, 0.2) is 0 Å². The summed E-state index contributed by atoms with van der Waals surface area (Å²) in [7, 11) is 0. The quantitative estimate of drug-likeness (QED) is 0.835. The first-order valence-corrected chi connectivity index (χ1v) is 6.45. The van der Waals surface area contributed by atoms with Gasteiger partial charge in [-0.15, -0.1) is 0 Å². The maximum atomic E-state index is 12.0. The van der Waals surface area contributed by atoms with Gasteiger partial charge < -0.3 is 10.6 Å². The molecule has 1 heterocycles. The minimum atomic E-state index is 0.0839. The van der Waals surface area contributed by atoms with Gasteiger partial charge in [-0.3, -0.25) is 4.79 Å². The first-order chi connectivity index (χ1) is 8.28. The van der Waals surface area contributed by atoms with Crippen LogP contribution in [0.25, 0.3) is 0 Å². The van der Waals surface area contributed by atoms with Gasteiger partial charge in [0.05, 0.1) is 0 Å². The van der Waals surface area contributed by atoms with E-state index in [2.05, 4.69) is 17.6 Å². The zero-order valence-corrected chi connectivity index (χ0v) is 10.1. The van der Waals surface area contributed by atoms with E-state index in [1.165, 1.54) is 17.7 Å². The summed E-state index contributed by atoms with van der Waals surface area (Å²) in [4.78, 5) is 12.0. The average Bonchev–Trinajstić information content (AvgIpc) is 2.92. The van der Waals surface area contributed by atoms with Crippen molar-refractivity contribution in [2.45, 2.75) is 32.2 Å². The molecule has 2 atom stereocenters. The molecule has 3 rings (SSSR count). The summed E-state index contributed by atoms with van der Waals surface area (Å²) >= 11 is 0. The second-order valence-electron chi connectivity index (χ2n) is 5.03. The molecular formula is C14H18N2O. The zero-order chi connectivity index (χ0) is 11.8. The number of benzene rings is 1. The minimum absolute atomic E-state index is 0.0839. The largest absolute Gasteiger partial charge is 0.384 e. The molecule has 3 heteroatoms. The monoisotopic (exact) mass is 230 g/mol. The molecule has 1 fully saturated rings. The molecule has 1 saturated carbocycles. The molecule has 0 saturated heterocycles. The number of rotatable bonds is 3. The Bertz CT molecular complexity index is 456. The van der Waals surface area contributed by atoms with Crippen molar-refractivity contribution in [3.63, 3.8) is 0 Å². The number of hydrogen-bond donors (Lipinski definition) is 2. The van der Waals surface area contributed by atoms with Crippen LogP contribution in [-0.2, 0) is 6.42 Å². The molecule has 0 aromatic heterocycles. The molecule has 0 radical (unpaired) electrons. The molecular weight excluding hydrogens is 212 g/mol. The number of nitrogens with one attached hydrogen (secondary N) is 2. The van der Waals surface area contributed by atoms with E-state index in [1.54, 1.807) is 0 Å². The predicted molar refractivity (Wildman–Crippen MR) is 68.3 cm³/mol. The lowest BCUT2D eigenvalue weighted by atomic mass is 10.1. The van der Waals surface area contributed by atoms with Crippen LogP contribution in [0.3, 0.4) is 0 Å². The predicted octanol–water partition coefficient (Wildman–Crippen LogP) is 2.18. The molecule has 1 aliphatic heterocycles. The van der Waals surface area contributed by atoms with Crippen molar-refractivity contribution in [2.75, 3.05) is 11.9 Å². The molecule has 3 nitrogen and oxygen atoms in total. The second-order valence-corrected chi connectivity index (χ2v) is 5.03. The summed E-state index contributed by atoms with van der Waals surface area (Å²) in [6.07, 6.45) is 3.34. The van der Waals surface area contributed by atoms with E-state index in [-0.39, 0.29) is 5.91 Å². The van der Waals surface area contributed by atoms with Crippen LogP contribution in [0, 0.1) is 5.92 Å². The lowest BCUT2D eigenvalue weighted by Gasteiger charge is -2.06. The third kappa shape index (κ3) is 2.02. The number of anilines is 1. The Morgan fingerprint density at radius 2 is 2.41 bits per heavy atom. The number of carbonyl (C=O) groups is 1. The van der Waals surface area contributed by atoms with Crippen molar-refractivity contribution in [1.29, 1.82) is 0 Å². The highest BCUT2D eigenvalue weighted by molar-refractivity contribution is 5.95. The zero-order valence-electron chi connectivity index (χ0n) is 10.1. The highest BCUT2D eigenvalue weighted by Gasteiger charge is 2.36. The van der Waals surface area contributed by atoms with Gasteiger partial charge in [0.2, 0.25) is 0 Å². The van der Waals surface area contributed by atoms with Gasteiger partial charge in [-0.1, -0.05) is 13.3 Å². The molecule has 90 valence electrons. The van der Waals surface area contributed by atoms with Gasteiger partial charge >= 0.3 is 0 Å². The standard InChI is InChI=1S/C14H18N2O/c1-2-9-8-13(9)16-14(17)11-3-4-12-10(7-11)5-6-15-12/h3-4,7,9,13,15H,2,5-6,8H2,1H3,(H,16,17). The molecule has 0 bridgehead atoms. The lowest BCUT2D eigenvalue weighted by Crippen LogP contribution is -2.26. The van der Waals surface area contributed by atoms with E-state index in [1.807, 2.05) is 18.2 Å². The molecule has 17 heavy (non-hydrogen) atoms. The highest BCUT2D eigenvalue weighted by Crippen LogP contribution is 2.33. The van der Waals surface area contributed by atoms with Crippen LogP contribution in [0.5, 0.6) is 0 Å². The molecule has 2 aliphatic rings. The molecule has 1 aromatic rings. The van der Waals surface area contributed by atoms with Crippen molar-refractivity contribution in [1.82, 2.24) is 5.32 Å². The van der Waals surface area contributed by atoms with Crippen LogP contribution in [0.2, 0.25) is 0 Å². The van der Waals surface area contributed by atoms with Crippen LogP contribution in [-0.4, -0.2) is 18.5 Å². The first-order valence-electron chi connectivity index (χ1n) is 6.45. The van der Waals surface area contributed by atoms with Crippen molar-refractivity contribution in [2.24, 2.45) is 5.92 Å². The molecule has 2 N–H and O–H groups in total. The minimum Gasteiger partial charge on any atom is -0.384 e. The fourth-order valence-corrected chi connectivity index (χ4v) is 2.57. The van der Waals surface area contributed by atoms with Gasteiger partial charge in [-0.25, -0.2) is 0 Å². The Morgan fingerprint density at radius 1 is 1.53 bits per heavy atom. The summed E-state index contributed by atoms with van der Waals surface area (Å²) in [5.74, 6) is 0.788. The first kappa shape index (κ1) is 10.6. The number of amides is 1. The lowest BCUT2D eigenvalue weighted by molar-refractivity contribution is 0.0949. The molecule has 1 aliphatic carbocycles. The van der Waals surface area contributed by atoms with E-state index in [0.717, 1.165) is 24.9 Å². The van der Waals surface area contributed by atoms with Gasteiger partial charge in [-0.05, 0) is 42.5 Å². The topological polar surface area (TPSA) is 41.1 Å². The van der Waals surface area contributed by atoms with Crippen molar-refractivity contribution >= 4 is 11.6 Å². The fraction of sp³-hybridized carbons (Fsp3) is 0.500. The van der Waals surface area contributed by atoms with Crippen molar-refractivity contribution in [3.05, 3.63) is 29.3 Å². The van der Waals surface area contributed by atoms with Crippen LogP contribution in [0.1, 0.15) is 35.7 Å². The van der Waals surface area contributed by atoms with Gasteiger partial charge in [-0.2, -0.15) is 0 Å². The summed E-state index contributed by atoms with van der Waals surface area (Å²) in [5.41, 5.74) is 3.24. The van der Waals surface area contributed by atoms with Crippen molar-refractivity contribution < 1.29 is 4.79 Å². The van der Waals surface area contributed by atoms with E-state index in [0.29, 0.717) is 12.0 Å². The third-order valence-electron chi connectivity index (χ3n) is 3.84. The van der Waals surface area contributed by atoms with Crippen LogP contribution < -0.4 is 10.6 Å². The number of fused-ring (bicyclic) bond motifs is 1. The highest BCUT2D eigenvalue weighted by atomic mass is 16.1. The molecule has 0 spiro atoms. The van der Waals surface area contributed by atoms with Crippen LogP contribution >= 0.6 is 0 Å². The summed E-state index contributed by atoms with van der Waals surface area (Å²) < 4.78 is 0. The Hall–Kier alpha value is -1.51. The number of hydrogen-bond acceptors (Lipinski definition) is 2. The van der Waals surface area contributed by atoms with Gasteiger partial charge in [0.25, 0.3) is 5.91 Å². The maximum absolute atomic E-state index is 12.0. The Labute approximate surface area is 102 Å². The van der Waals surface area contributed by atoms with E-state index in [9.17, 15) is 4.79 Å². The maximum Gasteiger partial charge on any atom is 0.251 e. The molecule has 1 aromatic carbocycles. The second kappa shape index (κ2) is 4.06. The normalized spacial score (nSPS) is 25.0. The Kier molecular flexibility index (Phi) is 2.54. The third-order valence-corrected chi connectivity index (χ3v) is 3.84. The summed E-state index contributed by atoms with van der Waals surface area (Å²) in [5, 5.41) is 6.41. The molecule has 1 amide bonds. The fourth-order valence-electron chi connectivity index (χ4n) is 2.57.